The SMILES string of the molecule is O=C(CCNC(=O)OCC(F)(F)F)Nc1nc(-c2ccc(I)cc2)cs1. The van der Waals surface area contributed by atoms with E-state index in [1.165, 1.54) is 11.3 Å². The van der Waals surface area contributed by atoms with Crippen LogP contribution in [0.4, 0.5) is 23.1 Å². The summed E-state index contributed by atoms with van der Waals surface area (Å²) in [5, 5.41) is 6.82. The minimum absolute atomic E-state index is 0.125. The Kier molecular flexibility index (Phi) is 7.20. The number of anilines is 1. The lowest BCUT2D eigenvalue weighted by Gasteiger charge is -2.08. The number of halogens is 4. The van der Waals surface area contributed by atoms with E-state index in [-0.39, 0.29) is 13.0 Å². The molecule has 6 nitrogen and oxygen atoms in total. The van der Waals surface area contributed by atoms with Gasteiger partial charge in [0.15, 0.2) is 11.7 Å². The fourth-order valence-corrected chi connectivity index (χ4v) is 2.84. The number of alkyl carbamates (subject to hydrolysis) is 1. The second kappa shape index (κ2) is 9.16. The van der Waals surface area contributed by atoms with Gasteiger partial charge in [-0.05, 0) is 34.7 Å². The third-order valence-corrected chi connectivity index (χ3v) is 4.36. The molecule has 0 unspecified atom stereocenters. The molecule has 0 saturated heterocycles. The molecule has 26 heavy (non-hydrogen) atoms. The number of hydrogen-bond donors (Lipinski definition) is 2. The van der Waals surface area contributed by atoms with Crippen molar-refractivity contribution in [1.82, 2.24) is 10.3 Å². The zero-order valence-electron chi connectivity index (χ0n) is 13.1. The molecule has 2 N–H and O–H groups in total. The van der Waals surface area contributed by atoms with Crippen molar-refractivity contribution < 1.29 is 27.5 Å². The number of carbonyl (C=O) groups excluding carboxylic acids is 2. The molecule has 0 aliphatic carbocycles. The Morgan fingerprint density at radius 3 is 2.58 bits per heavy atom. The number of nitrogens with zero attached hydrogens (tertiary/aromatic N) is 1. The molecule has 0 aliphatic heterocycles. The van der Waals surface area contributed by atoms with Gasteiger partial charge in [-0.25, -0.2) is 9.78 Å². The van der Waals surface area contributed by atoms with Gasteiger partial charge in [0.05, 0.1) is 5.69 Å². The highest BCUT2D eigenvalue weighted by Crippen LogP contribution is 2.25. The Hall–Kier alpha value is -1.89. The summed E-state index contributed by atoms with van der Waals surface area (Å²) in [7, 11) is 0. The first-order chi connectivity index (χ1) is 12.2. The molecule has 2 aromatic rings. The molecule has 1 aromatic heterocycles. The summed E-state index contributed by atoms with van der Waals surface area (Å²) in [6.45, 7) is -1.83. The average molecular weight is 499 g/mol. The molecule has 140 valence electrons. The van der Waals surface area contributed by atoms with Crippen LogP contribution in [0.15, 0.2) is 29.6 Å². The van der Waals surface area contributed by atoms with Crippen molar-refractivity contribution in [2.75, 3.05) is 18.5 Å². The van der Waals surface area contributed by atoms with Gasteiger partial charge in [0.2, 0.25) is 5.91 Å². The molecule has 0 radical (unpaired) electrons. The van der Waals surface area contributed by atoms with Crippen molar-refractivity contribution in [2.45, 2.75) is 12.6 Å². The molecule has 1 heterocycles. The molecule has 0 spiro atoms. The number of hydrogen-bond acceptors (Lipinski definition) is 5. The molecular formula is C15H13F3IN3O3S. The highest BCUT2D eigenvalue weighted by molar-refractivity contribution is 14.1. The number of aromatic nitrogens is 1. The molecule has 2 amide bonds. The van der Waals surface area contributed by atoms with Crippen LogP contribution in [-0.4, -0.2) is 36.3 Å². The van der Waals surface area contributed by atoms with Gasteiger partial charge in [0, 0.05) is 27.5 Å². The topological polar surface area (TPSA) is 80.3 Å². The van der Waals surface area contributed by atoms with Crippen LogP contribution in [0, 0.1) is 3.57 Å². The first-order valence-corrected chi connectivity index (χ1v) is 9.17. The van der Waals surface area contributed by atoms with Gasteiger partial charge in [0.25, 0.3) is 0 Å². The zero-order chi connectivity index (χ0) is 19.2. The number of ether oxygens (including phenoxy) is 1. The molecule has 0 saturated carbocycles. The van der Waals surface area contributed by atoms with Gasteiger partial charge >= 0.3 is 12.3 Å². The average Bonchev–Trinajstić information content (AvgIpc) is 3.01. The minimum Gasteiger partial charge on any atom is -0.440 e. The number of benzene rings is 1. The Bertz CT molecular complexity index is 765. The Balaban J connectivity index is 1.75. The zero-order valence-corrected chi connectivity index (χ0v) is 16.1. The van der Waals surface area contributed by atoms with E-state index in [0.717, 1.165) is 14.8 Å². The van der Waals surface area contributed by atoms with Gasteiger partial charge in [-0.3, -0.25) is 4.79 Å². The highest BCUT2D eigenvalue weighted by atomic mass is 127. The van der Waals surface area contributed by atoms with E-state index in [1.807, 2.05) is 24.3 Å². The molecule has 0 atom stereocenters. The van der Waals surface area contributed by atoms with Crippen LogP contribution in [0.3, 0.4) is 0 Å². The van der Waals surface area contributed by atoms with E-state index in [1.54, 1.807) is 5.38 Å². The Morgan fingerprint density at radius 2 is 1.92 bits per heavy atom. The summed E-state index contributed by atoms with van der Waals surface area (Å²) in [6, 6.07) is 7.71. The van der Waals surface area contributed by atoms with Crippen molar-refractivity contribution in [1.29, 1.82) is 0 Å². The van der Waals surface area contributed by atoms with Gasteiger partial charge < -0.3 is 15.4 Å². The van der Waals surface area contributed by atoms with E-state index in [9.17, 15) is 22.8 Å². The second-order valence-electron chi connectivity index (χ2n) is 4.96. The van der Waals surface area contributed by atoms with Crippen LogP contribution in [0.1, 0.15) is 6.42 Å². The molecule has 11 heteroatoms. The fourth-order valence-electron chi connectivity index (χ4n) is 1.74. The van der Waals surface area contributed by atoms with Crippen molar-refractivity contribution in [3.63, 3.8) is 0 Å². The Morgan fingerprint density at radius 1 is 1.23 bits per heavy atom. The lowest BCUT2D eigenvalue weighted by atomic mass is 10.2. The third kappa shape index (κ3) is 7.15. The molecule has 0 fully saturated rings. The summed E-state index contributed by atoms with van der Waals surface area (Å²) >= 11 is 3.44. The van der Waals surface area contributed by atoms with Gasteiger partial charge in [-0.1, -0.05) is 12.1 Å². The third-order valence-electron chi connectivity index (χ3n) is 2.88. The standard InChI is InChI=1S/C15H13F3IN3O3S/c16-15(17,18)8-25-14(24)20-6-5-12(23)22-13-21-11(7-26-13)9-1-3-10(19)4-2-9/h1-4,7H,5-6,8H2,(H,20,24)(H,21,22,23). The number of nitrogens with one attached hydrogen (secondary N) is 2. The maximum atomic E-state index is 11.9. The lowest BCUT2D eigenvalue weighted by Crippen LogP contribution is -2.31. The van der Waals surface area contributed by atoms with E-state index in [0.29, 0.717) is 5.13 Å². The first-order valence-electron chi connectivity index (χ1n) is 7.21. The van der Waals surface area contributed by atoms with Crippen LogP contribution < -0.4 is 10.6 Å². The summed E-state index contributed by atoms with van der Waals surface area (Å²) in [6.07, 6.45) is -5.95. The number of alkyl halides is 3. The molecule has 0 aliphatic rings. The van der Waals surface area contributed by atoms with E-state index < -0.39 is 24.8 Å². The van der Waals surface area contributed by atoms with Crippen molar-refractivity contribution in [3.8, 4) is 11.3 Å². The number of rotatable bonds is 6. The largest absolute Gasteiger partial charge is 0.440 e. The summed E-state index contributed by atoms with van der Waals surface area (Å²) < 4.78 is 40.7. The summed E-state index contributed by atoms with van der Waals surface area (Å²) in [4.78, 5) is 27.1. The second-order valence-corrected chi connectivity index (χ2v) is 7.06. The van der Waals surface area contributed by atoms with Crippen molar-refractivity contribution >= 4 is 51.1 Å². The van der Waals surface area contributed by atoms with Crippen LogP contribution in [0.2, 0.25) is 0 Å². The van der Waals surface area contributed by atoms with Gasteiger partial charge in [-0.15, -0.1) is 11.3 Å². The van der Waals surface area contributed by atoms with Crippen molar-refractivity contribution in [3.05, 3.63) is 33.2 Å². The molecular weight excluding hydrogens is 486 g/mol. The molecule has 1 aromatic carbocycles. The predicted molar refractivity (Wildman–Crippen MR) is 98.9 cm³/mol. The predicted octanol–water partition coefficient (Wildman–Crippen LogP) is 4.03. The van der Waals surface area contributed by atoms with Crippen LogP contribution in [0.5, 0.6) is 0 Å². The van der Waals surface area contributed by atoms with Gasteiger partial charge in [-0.2, -0.15) is 13.2 Å². The summed E-state index contributed by atoms with van der Waals surface area (Å²) in [5.41, 5.74) is 1.63. The van der Waals surface area contributed by atoms with E-state index in [4.69, 9.17) is 0 Å². The molecule has 2 rings (SSSR count). The highest BCUT2D eigenvalue weighted by Gasteiger charge is 2.29. The minimum atomic E-state index is -4.59. The van der Waals surface area contributed by atoms with Gasteiger partial charge in [0.1, 0.15) is 0 Å². The first kappa shape index (κ1) is 20.4. The van der Waals surface area contributed by atoms with E-state index in [2.05, 4.69) is 42.9 Å². The normalized spacial score (nSPS) is 11.1. The van der Waals surface area contributed by atoms with E-state index >= 15 is 0 Å². The summed E-state index contributed by atoms with van der Waals surface area (Å²) in [5.74, 6) is -0.426. The van der Waals surface area contributed by atoms with Crippen LogP contribution >= 0.6 is 33.9 Å². The smallest absolute Gasteiger partial charge is 0.422 e. The number of carbonyl (C=O) groups is 2. The Labute approximate surface area is 164 Å². The monoisotopic (exact) mass is 499 g/mol. The number of thiazole rings is 1. The maximum absolute atomic E-state index is 11.9. The quantitative estimate of drug-likeness (QED) is 0.589. The van der Waals surface area contributed by atoms with Crippen LogP contribution in [0.25, 0.3) is 11.3 Å². The maximum Gasteiger partial charge on any atom is 0.422 e. The lowest BCUT2D eigenvalue weighted by molar-refractivity contribution is -0.160. The van der Waals surface area contributed by atoms with Crippen LogP contribution in [-0.2, 0) is 9.53 Å². The number of amides is 2. The van der Waals surface area contributed by atoms with Crippen molar-refractivity contribution in [2.24, 2.45) is 0 Å². The molecule has 0 bridgehead atoms. The fraction of sp³-hybridized carbons (Fsp3) is 0.267.